The monoisotopic (exact) mass is 414 g/mol. The zero-order chi connectivity index (χ0) is 18.0. The smallest absolute Gasteiger partial charge is 0.270 e. The maximum absolute atomic E-state index is 12.9. The van der Waals surface area contributed by atoms with Crippen LogP contribution < -0.4 is 10.2 Å². The van der Waals surface area contributed by atoms with Gasteiger partial charge in [-0.2, -0.15) is 0 Å². The van der Waals surface area contributed by atoms with Crippen molar-refractivity contribution in [1.29, 1.82) is 0 Å². The van der Waals surface area contributed by atoms with Crippen molar-refractivity contribution >= 4 is 56.8 Å². The molecular formula is C19H15BrN2O2S. The fourth-order valence-corrected chi connectivity index (χ4v) is 3.04. The zero-order valence-corrected chi connectivity index (χ0v) is 15.9. The quantitative estimate of drug-likeness (QED) is 0.471. The molecule has 0 bridgehead atoms. The number of anilines is 1. The second-order valence-corrected chi connectivity index (χ2v) is 6.83. The molecule has 0 aromatic heterocycles. The summed E-state index contributed by atoms with van der Waals surface area (Å²) in [6.07, 6.45) is 2.48. The average molecular weight is 415 g/mol. The largest absolute Gasteiger partial charge is 0.298 e. The van der Waals surface area contributed by atoms with E-state index in [0.717, 1.165) is 22.0 Å². The lowest BCUT2D eigenvalue weighted by atomic mass is 10.1. The molecule has 0 saturated carbocycles. The molecular weight excluding hydrogens is 400 g/mol. The number of amides is 2. The van der Waals surface area contributed by atoms with Crippen LogP contribution >= 0.6 is 28.1 Å². The van der Waals surface area contributed by atoms with Gasteiger partial charge in [0.05, 0.1) is 5.69 Å². The van der Waals surface area contributed by atoms with Crippen LogP contribution in [0.3, 0.4) is 0 Å². The van der Waals surface area contributed by atoms with Crippen molar-refractivity contribution in [3.05, 3.63) is 69.7 Å². The van der Waals surface area contributed by atoms with Gasteiger partial charge in [-0.1, -0.05) is 47.1 Å². The highest BCUT2D eigenvalue weighted by molar-refractivity contribution is 9.10. The Labute approximate surface area is 159 Å². The zero-order valence-electron chi connectivity index (χ0n) is 13.5. The predicted molar refractivity (Wildman–Crippen MR) is 106 cm³/mol. The van der Waals surface area contributed by atoms with Crippen LogP contribution in [0.5, 0.6) is 0 Å². The number of rotatable bonds is 3. The van der Waals surface area contributed by atoms with Gasteiger partial charge in [-0.15, -0.1) is 0 Å². The first kappa shape index (κ1) is 17.5. The maximum Gasteiger partial charge on any atom is 0.270 e. The molecule has 2 aromatic rings. The number of benzene rings is 2. The predicted octanol–water partition coefficient (Wildman–Crippen LogP) is 3.84. The van der Waals surface area contributed by atoms with Crippen LogP contribution in [0, 0.1) is 0 Å². The van der Waals surface area contributed by atoms with E-state index >= 15 is 0 Å². The molecule has 0 atom stereocenters. The van der Waals surface area contributed by atoms with Crippen LogP contribution in [0.15, 0.2) is 58.6 Å². The summed E-state index contributed by atoms with van der Waals surface area (Å²) in [5.41, 5.74) is 2.61. The third kappa shape index (κ3) is 3.70. The van der Waals surface area contributed by atoms with E-state index < -0.39 is 11.8 Å². The number of hydrogen-bond donors (Lipinski definition) is 1. The SMILES string of the molecule is CCc1ccc(N2C(=O)/C(=C/c3ccc(Br)cc3)C(=O)NC2=S)cc1. The maximum atomic E-state index is 12.9. The molecule has 0 aliphatic carbocycles. The number of aryl methyl sites for hydroxylation is 1. The first-order chi connectivity index (χ1) is 12.0. The minimum atomic E-state index is -0.487. The Morgan fingerprint density at radius 1 is 1.08 bits per heavy atom. The van der Waals surface area contributed by atoms with Gasteiger partial charge in [0.1, 0.15) is 5.57 Å². The molecule has 2 aromatic carbocycles. The normalized spacial score (nSPS) is 16.3. The van der Waals surface area contributed by atoms with E-state index in [1.165, 1.54) is 4.90 Å². The number of thiocarbonyl (C=S) groups is 1. The topological polar surface area (TPSA) is 49.4 Å². The van der Waals surface area contributed by atoms with Crippen LogP contribution in [0.25, 0.3) is 6.08 Å². The summed E-state index contributed by atoms with van der Waals surface area (Å²) in [6, 6.07) is 14.9. The molecule has 0 unspecified atom stereocenters. The fourth-order valence-electron chi connectivity index (χ4n) is 2.50. The van der Waals surface area contributed by atoms with Gasteiger partial charge in [0.15, 0.2) is 5.11 Å². The lowest BCUT2D eigenvalue weighted by molar-refractivity contribution is -0.122. The highest BCUT2D eigenvalue weighted by Crippen LogP contribution is 2.23. The van der Waals surface area contributed by atoms with Crippen molar-refractivity contribution in [3.8, 4) is 0 Å². The standard InChI is InChI=1S/C19H15BrN2O2S/c1-2-12-5-9-15(10-6-12)22-18(24)16(17(23)21-19(22)25)11-13-3-7-14(20)8-4-13/h3-11H,2H2,1H3,(H,21,23,25)/b16-11+. The summed E-state index contributed by atoms with van der Waals surface area (Å²) in [5.74, 6) is -0.916. The van der Waals surface area contributed by atoms with Crippen molar-refractivity contribution in [3.63, 3.8) is 0 Å². The van der Waals surface area contributed by atoms with Crippen LogP contribution in [-0.4, -0.2) is 16.9 Å². The van der Waals surface area contributed by atoms with Crippen LogP contribution in [-0.2, 0) is 16.0 Å². The van der Waals surface area contributed by atoms with Gasteiger partial charge in [-0.3, -0.25) is 19.8 Å². The summed E-state index contributed by atoms with van der Waals surface area (Å²) in [5, 5.41) is 2.68. The van der Waals surface area contributed by atoms with Crippen LogP contribution in [0.4, 0.5) is 5.69 Å². The molecule has 0 radical (unpaired) electrons. The Morgan fingerprint density at radius 2 is 1.72 bits per heavy atom. The Hall–Kier alpha value is -2.31. The summed E-state index contributed by atoms with van der Waals surface area (Å²) in [4.78, 5) is 26.5. The van der Waals surface area contributed by atoms with Gasteiger partial charge < -0.3 is 0 Å². The molecule has 4 nitrogen and oxygen atoms in total. The molecule has 0 spiro atoms. The number of hydrogen-bond acceptors (Lipinski definition) is 3. The second kappa shape index (κ2) is 7.29. The van der Waals surface area contributed by atoms with Crippen molar-refractivity contribution in [2.75, 3.05) is 4.90 Å². The molecule has 1 heterocycles. The summed E-state index contributed by atoms with van der Waals surface area (Å²) >= 11 is 8.56. The second-order valence-electron chi connectivity index (χ2n) is 5.53. The van der Waals surface area contributed by atoms with Gasteiger partial charge in [-0.25, -0.2) is 0 Å². The molecule has 1 N–H and O–H groups in total. The summed E-state index contributed by atoms with van der Waals surface area (Å²) < 4.78 is 0.924. The molecule has 3 rings (SSSR count). The van der Waals surface area contributed by atoms with Crippen molar-refractivity contribution in [2.45, 2.75) is 13.3 Å². The molecule has 25 heavy (non-hydrogen) atoms. The molecule has 1 aliphatic rings. The molecule has 6 heteroatoms. The Balaban J connectivity index is 1.97. The highest BCUT2D eigenvalue weighted by atomic mass is 79.9. The molecule has 1 aliphatic heterocycles. The third-order valence-electron chi connectivity index (χ3n) is 3.89. The molecule has 126 valence electrons. The molecule has 2 amide bonds. The summed E-state index contributed by atoms with van der Waals surface area (Å²) in [7, 11) is 0. The summed E-state index contributed by atoms with van der Waals surface area (Å²) in [6.45, 7) is 2.06. The van der Waals surface area contributed by atoms with E-state index in [1.807, 2.05) is 48.5 Å². The fraction of sp³-hybridized carbons (Fsp3) is 0.105. The Morgan fingerprint density at radius 3 is 2.32 bits per heavy atom. The Bertz CT molecular complexity index is 873. The van der Waals surface area contributed by atoms with E-state index in [1.54, 1.807) is 6.08 Å². The van der Waals surface area contributed by atoms with Gasteiger partial charge in [0.2, 0.25) is 0 Å². The van der Waals surface area contributed by atoms with E-state index in [9.17, 15) is 9.59 Å². The number of halogens is 1. The van der Waals surface area contributed by atoms with E-state index in [-0.39, 0.29) is 10.7 Å². The van der Waals surface area contributed by atoms with E-state index in [0.29, 0.717) is 5.69 Å². The average Bonchev–Trinajstić information content (AvgIpc) is 2.60. The Kier molecular flexibility index (Phi) is 5.11. The number of carbonyl (C=O) groups is 2. The first-order valence-electron chi connectivity index (χ1n) is 7.75. The van der Waals surface area contributed by atoms with E-state index in [2.05, 4.69) is 28.2 Å². The minimum absolute atomic E-state index is 0.0514. The number of carbonyl (C=O) groups excluding carboxylic acids is 2. The van der Waals surface area contributed by atoms with Gasteiger partial charge >= 0.3 is 0 Å². The van der Waals surface area contributed by atoms with Crippen molar-refractivity contribution < 1.29 is 9.59 Å². The number of nitrogens with zero attached hydrogens (tertiary/aromatic N) is 1. The van der Waals surface area contributed by atoms with Gasteiger partial charge in [0.25, 0.3) is 11.8 Å². The van der Waals surface area contributed by atoms with Crippen molar-refractivity contribution in [1.82, 2.24) is 5.32 Å². The van der Waals surface area contributed by atoms with Crippen LogP contribution in [0.1, 0.15) is 18.1 Å². The first-order valence-corrected chi connectivity index (χ1v) is 8.95. The van der Waals surface area contributed by atoms with Gasteiger partial charge in [-0.05, 0) is 60.1 Å². The number of nitrogens with one attached hydrogen (secondary N) is 1. The van der Waals surface area contributed by atoms with Crippen LogP contribution in [0.2, 0.25) is 0 Å². The van der Waals surface area contributed by atoms with E-state index in [4.69, 9.17) is 12.2 Å². The molecule has 1 fully saturated rings. The van der Waals surface area contributed by atoms with Crippen molar-refractivity contribution in [2.24, 2.45) is 0 Å². The lowest BCUT2D eigenvalue weighted by Gasteiger charge is -2.29. The lowest BCUT2D eigenvalue weighted by Crippen LogP contribution is -2.54. The third-order valence-corrected chi connectivity index (χ3v) is 4.70. The molecule has 1 saturated heterocycles. The minimum Gasteiger partial charge on any atom is -0.298 e. The van der Waals surface area contributed by atoms with Gasteiger partial charge in [0, 0.05) is 4.47 Å². The highest BCUT2D eigenvalue weighted by Gasteiger charge is 2.34.